The quantitative estimate of drug-likeness (QED) is 0.826. The maximum atomic E-state index is 12.5. The first kappa shape index (κ1) is 18.5. The number of carbonyl (C=O) groups excluding carboxylic acids is 1. The fourth-order valence-electron chi connectivity index (χ4n) is 2.16. The molecule has 2 aromatic heterocycles. The van der Waals surface area contributed by atoms with E-state index < -0.39 is 18.6 Å². The monoisotopic (exact) mass is 407 g/mol. The number of halogens is 4. The molecular formula is C14H17BrF3N5O. The summed E-state index contributed by atoms with van der Waals surface area (Å²) in [6.07, 6.45) is -1.83. The van der Waals surface area contributed by atoms with E-state index in [1.165, 1.54) is 24.3 Å². The van der Waals surface area contributed by atoms with Gasteiger partial charge in [0.15, 0.2) is 5.69 Å². The number of hydrogen-bond acceptors (Lipinski definition) is 3. The highest BCUT2D eigenvalue weighted by Crippen LogP contribution is 2.26. The second kappa shape index (κ2) is 6.96. The van der Waals surface area contributed by atoms with E-state index in [4.69, 9.17) is 0 Å². The van der Waals surface area contributed by atoms with Crippen molar-refractivity contribution in [2.75, 3.05) is 7.05 Å². The molecule has 0 bridgehead atoms. The van der Waals surface area contributed by atoms with Crippen LogP contribution in [0.4, 0.5) is 13.2 Å². The highest BCUT2D eigenvalue weighted by atomic mass is 79.9. The molecule has 1 N–H and O–H groups in total. The van der Waals surface area contributed by atoms with Crippen molar-refractivity contribution in [3.8, 4) is 0 Å². The molecule has 2 heterocycles. The van der Waals surface area contributed by atoms with Gasteiger partial charge in [-0.15, -0.1) is 0 Å². The van der Waals surface area contributed by atoms with Gasteiger partial charge in [0.05, 0.1) is 16.7 Å². The molecule has 2 rings (SSSR count). The molecule has 0 radical (unpaired) electrons. The number of aromatic amines is 1. The Labute approximate surface area is 145 Å². The Morgan fingerprint density at radius 3 is 2.67 bits per heavy atom. The van der Waals surface area contributed by atoms with Gasteiger partial charge in [0, 0.05) is 19.4 Å². The van der Waals surface area contributed by atoms with E-state index in [0.29, 0.717) is 4.47 Å². The van der Waals surface area contributed by atoms with Crippen molar-refractivity contribution in [2.24, 2.45) is 0 Å². The van der Waals surface area contributed by atoms with Crippen molar-refractivity contribution in [1.29, 1.82) is 0 Å². The van der Waals surface area contributed by atoms with Gasteiger partial charge in [-0.1, -0.05) is 13.8 Å². The molecule has 1 amide bonds. The second-order valence-electron chi connectivity index (χ2n) is 5.70. The lowest BCUT2D eigenvalue weighted by atomic mass is 10.1. The summed E-state index contributed by atoms with van der Waals surface area (Å²) in [6, 6.07) is 0. The summed E-state index contributed by atoms with van der Waals surface area (Å²) in [4.78, 5) is 17.7. The van der Waals surface area contributed by atoms with Crippen molar-refractivity contribution < 1.29 is 18.0 Å². The average Bonchev–Trinajstić information content (AvgIpc) is 3.03. The van der Waals surface area contributed by atoms with E-state index in [2.05, 4.69) is 31.1 Å². The van der Waals surface area contributed by atoms with Crippen LogP contribution in [0.25, 0.3) is 0 Å². The summed E-state index contributed by atoms with van der Waals surface area (Å²) < 4.78 is 39.2. The molecule has 0 aliphatic heterocycles. The van der Waals surface area contributed by atoms with Crippen LogP contribution in [0.1, 0.15) is 41.8 Å². The fraction of sp³-hybridized carbons (Fsp3) is 0.500. The number of H-pyrrole nitrogens is 1. The molecule has 2 aromatic rings. The number of hydrogen-bond donors (Lipinski definition) is 1. The SMILES string of the molecule is CC(C)c1[nH]nc(C(=O)N(C)Cc2nccn2CC(F)(F)F)c1Br. The maximum absolute atomic E-state index is 12.5. The molecule has 10 heteroatoms. The van der Waals surface area contributed by atoms with Gasteiger partial charge in [-0.3, -0.25) is 9.89 Å². The summed E-state index contributed by atoms with van der Waals surface area (Å²) >= 11 is 3.34. The smallest absolute Gasteiger partial charge is 0.333 e. The third-order valence-corrected chi connectivity index (χ3v) is 4.19. The number of amides is 1. The highest BCUT2D eigenvalue weighted by Gasteiger charge is 2.29. The van der Waals surface area contributed by atoms with Crippen LogP contribution in [0.5, 0.6) is 0 Å². The molecule has 24 heavy (non-hydrogen) atoms. The van der Waals surface area contributed by atoms with E-state index in [-0.39, 0.29) is 24.0 Å². The predicted molar refractivity (Wildman–Crippen MR) is 84.5 cm³/mol. The van der Waals surface area contributed by atoms with Crippen LogP contribution in [0.15, 0.2) is 16.9 Å². The molecule has 0 saturated heterocycles. The summed E-state index contributed by atoms with van der Waals surface area (Å²) in [6.45, 7) is 2.69. The number of carbonyl (C=O) groups is 1. The first-order chi connectivity index (χ1) is 11.1. The van der Waals surface area contributed by atoms with Gasteiger partial charge in [0.25, 0.3) is 5.91 Å². The minimum atomic E-state index is -4.35. The van der Waals surface area contributed by atoms with Crippen molar-refractivity contribution in [3.05, 3.63) is 34.1 Å². The topological polar surface area (TPSA) is 66.8 Å². The van der Waals surface area contributed by atoms with Crippen LogP contribution >= 0.6 is 15.9 Å². The van der Waals surface area contributed by atoms with Crippen LogP contribution in [0, 0.1) is 0 Å². The van der Waals surface area contributed by atoms with E-state index in [1.807, 2.05) is 13.8 Å². The number of rotatable bonds is 5. The van der Waals surface area contributed by atoms with E-state index in [0.717, 1.165) is 10.3 Å². The summed E-state index contributed by atoms with van der Waals surface area (Å²) in [5.41, 5.74) is 0.973. The number of nitrogens with zero attached hydrogens (tertiary/aromatic N) is 4. The first-order valence-corrected chi connectivity index (χ1v) is 7.95. The Morgan fingerprint density at radius 1 is 1.46 bits per heavy atom. The molecule has 0 fully saturated rings. The van der Waals surface area contributed by atoms with Gasteiger partial charge in [-0.25, -0.2) is 4.98 Å². The van der Waals surface area contributed by atoms with E-state index >= 15 is 0 Å². The standard InChI is InChI=1S/C14H17BrF3N5O/c1-8(2)11-10(15)12(21-20-11)13(24)22(3)6-9-19-4-5-23(9)7-14(16,17)18/h4-5,8H,6-7H2,1-3H3,(H,20,21). The Bertz CT molecular complexity index is 722. The van der Waals surface area contributed by atoms with Crippen molar-refractivity contribution >= 4 is 21.8 Å². The van der Waals surface area contributed by atoms with Gasteiger partial charge in [0.2, 0.25) is 0 Å². The zero-order valence-electron chi connectivity index (χ0n) is 13.4. The largest absolute Gasteiger partial charge is 0.406 e. The lowest BCUT2D eigenvalue weighted by Gasteiger charge is -2.17. The molecular weight excluding hydrogens is 391 g/mol. The van der Waals surface area contributed by atoms with Crippen molar-refractivity contribution in [2.45, 2.75) is 39.0 Å². The Balaban J connectivity index is 2.14. The lowest BCUT2D eigenvalue weighted by molar-refractivity contribution is -0.141. The zero-order valence-corrected chi connectivity index (χ0v) is 14.9. The molecule has 0 saturated carbocycles. The number of aromatic nitrogens is 4. The van der Waals surface area contributed by atoms with Gasteiger partial charge in [0.1, 0.15) is 12.4 Å². The molecule has 6 nitrogen and oxygen atoms in total. The van der Waals surface area contributed by atoms with Gasteiger partial charge in [-0.05, 0) is 21.8 Å². The minimum absolute atomic E-state index is 0.0573. The molecule has 0 unspecified atom stereocenters. The zero-order chi connectivity index (χ0) is 18.1. The third-order valence-electron chi connectivity index (χ3n) is 3.39. The van der Waals surface area contributed by atoms with E-state index in [9.17, 15) is 18.0 Å². The summed E-state index contributed by atoms with van der Waals surface area (Å²) in [5.74, 6) is -0.116. The lowest BCUT2D eigenvalue weighted by Crippen LogP contribution is -2.29. The normalized spacial score (nSPS) is 12.0. The Hall–Kier alpha value is -1.84. The van der Waals surface area contributed by atoms with E-state index in [1.54, 1.807) is 0 Å². The third kappa shape index (κ3) is 4.16. The van der Waals surface area contributed by atoms with Gasteiger partial charge >= 0.3 is 6.18 Å². The summed E-state index contributed by atoms with van der Waals surface area (Å²) in [7, 11) is 1.49. The van der Waals surface area contributed by atoms with Gasteiger partial charge in [-0.2, -0.15) is 18.3 Å². The first-order valence-electron chi connectivity index (χ1n) is 7.16. The molecule has 0 atom stereocenters. The molecule has 0 spiro atoms. The van der Waals surface area contributed by atoms with Crippen LogP contribution in [0.3, 0.4) is 0 Å². The Morgan fingerprint density at radius 2 is 2.12 bits per heavy atom. The van der Waals surface area contributed by atoms with Crippen LogP contribution < -0.4 is 0 Å². The highest BCUT2D eigenvalue weighted by molar-refractivity contribution is 9.10. The number of imidazole rings is 1. The number of alkyl halides is 3. The van der Waals surface area contributed by atoms with Crippen LogP contribution in [0.2, 0.25) is 0 Å². The average molecular weight is 408 g/mol. The Kier molecular flexibility index (Phi) is 5.36. The summed E-state index contributed by atoms with van der Waals surface area (Å²) in [5, 5.41) is 6.80. The maximum Gasteiger partial charge on any atom is 0.406 e. The van der Waals surface area contributed by atoms with Crippen LogP contribution in [-0.4, -0.2) is 43.8 Å². The molecule has 0 aliphatic rings. The molecule has 0 aromatic carbocycles. The van der Waals surface area contributed by atoms with Gasteiger partial charge < -0.3 is 9.47 Å². The predicted octanol–water partition coefficient (Wildman–Crippen LogP) is 3.33. The van der Waals surface area contributed by atoms with Crippen LogP contribution in [-0.2, 0) is 13.1 Å². The van der Waals surface area contributed by atoms with Crippen molar-refractivity contribution in [1.82, 2.24) is 24.6 Å². The van der Waals surface area contributed by atoms with Crippen molar-refractivity contribution in [3.63, 3.8) is 0 Å². The minimum Gasteiger partial charge on any atom is -0.333 e. The fourth-order valence-corrected chi connectivity index (χ4v) is 2.96. The molecule has 0 aliphatic carbocycles. The second-order valence-corrected chi connectivity index (χ2v) is 6.50. The molecule has 132 valence electrons. The number of nitrogens with one attached hydrogen (secondary N) is 1.